The first-order chi connectivity index (χ1) is 10.4. The fourth-order valence-electron chi connectivity index (χ4n) is 2.35. The highest BCUT2D eigenvalue weighted by molar-refractivity contribution is 6.85. The van der Waals surface area contributed by atoms with E-state index < -0.39 is 44.5 Å². The van der Waals surface area contributed by atoms with Crippen LogP contribution in [0.25, 0.3) is 0 Å². The smallest absolute Gasteiger partial charge is 0.399 e. The van der Waals surface area contributed by atoms with Crippen molar-refractivity contribution in [2.45, 2.75) is 85.1 Å². The SMILES string of the molecule is CC(C)CCC[Si](C)(C)O[Si](O[SiH](C)C)(O[SiH](C)C)O[SiH](C)C. The molecule has 0 saturated carbocycles. The van der Waals surface area contributed by atoms with E-state index in [0.29, 0.717) is 0 Å². The van der Waals surface area contributed by atoms with Crippen LogP contribution in [0.5, 0.6) is 0 Å². The normalized spacial score (nSPS) is 13.8. The van der Waals surface area contributed by atoms with Crippen LogP contribution >= 0.6 is 0 Å². The third kappa shape index (κ3) is 12.0. The Kier molecular flexibility index (Phi) is 11.2. The van der Waals surface area contributed by atoms with E-state index >= 15 is 0 Å². The molecule has 0 N–H and O–H groups in total. The Morgan fingerprint density at radius 3 is 1.48 bits per heavy atom. The molecule has 23 heavy (non-hydrogen) atoms. The van der Waals surface area contributed by atoms with Gasteiger partial charge in [-0.3, -0.25) is 0 Å². The van der Waals surface area contributed by atoms with Crippen LogP contribution in [0.1, 0.15) is 26.7 Å². The molecule has 140 valence electrons. The van der Waals surface area contributed by atoms with Gasteiger partial charge in [-0.15, -0.1) is 0 Å². The Bertz CT molecular complexity index is 298. The molecule has 0 unspecified atom stereocenters. The molecule has 0 spiro atoms. The van der Waals surface area contributed by atoms with Gasteiger partial charge in [0.05, 0.1) is 0 Å². The first-order valence-corrected chi connectivity index (χ1v) is 22.2. The summed E-state index contributed by atoms with van der Waals surface area (Å²) in [4.78, 5) is 0. The van der Waals surface area contributed by atoms with Gasteiger partial charge in [-0.1, -0.05) is 26.7 Å². The summed E-state index contributed by atoms with van der Waals surface area (Å²) in [6.45, 7) is 22.2. The number of hydrogen-bond donors (Lipinski definition) is 0. The number of hydrogen-bond acceptors (Lipinski definition) is 4. The second-order valence-corrected chi connectivity index (χ2v) is 23.1. The van der Waals surface area contributed by atoms with Crippen LogP contribution < -0.4 is 0 Å². The van der Waals surface area contributed by atoms with Crippen molar-refractivity contribution >= 4 is 44.5 Å². The lowest BCUT2D eigenvalue weighted by Gasteiger charge is -2.39. The molecule has 0 atom stereocenters. The Morgan fingerprint density at radius 2 is 1.17 bits per heavy atom. The van der Waals surface area contributed by atoms with Crippen LogP contribution in [0, 0.1) is 5.92 Å². The zero-order valence-electron chi connectivity index (χ0n) is 17.1. The standard InChI is InChI=1S/C14H40O4Si5/c1-14(2)12-11-13-22(9,10)18-23(15-19(3)4,16-20(5)6)17-21(7)8/h14,19-21H,11-13H2,1-10H3. The van der Waals surface area contributed by atoms with Gasteiger partial charge in [0, 0.05) is 0 Å². The molecule has 0 saturated heterocycles. The summed E-state index contributed by atoms with van der Waals surface area (Å²) in [5.41, 5.74) is 0. The molecule has 0 amide bonds. The van der Waals surface area contributed by atoms with Crippen LogP contribution in [0.2, 0.25) is 58.4 Å². The molecular weight excluding hydrogens is 373 g/mol. The van der Waals surface area contributed by atoms with E-state index in [1.807, 2.05) is 0 Å². The van der Waals surface area contributed by atoms with Crippen molar-refractivity contribution in [1.29, 1.82) is 0 Å². The van der Waals surface area contributed by atoms with Crippen LogP contribution in [0.15, 0.2) is 0 Å². The van der Waals surface area contributed by atoms with Gasteiger partial charge in [0.15, 0.2) is 35.4 Å². The first kappa shape index (κ1) is 23.9. The van der Waals surface area contributed by atoms with E-state index in [2.05, 4.69) is 66.2 Å². The zero-order chi connectivity index (χ0) is 18.3. The molecule has 0 aromatic carbocycles. The van der Waals surface area contributed by atoms with Crippen LogP contribution in [-0.2, 0) is 16.5 Å². The molecule has 0 aliphatic carbocycles. The summed E-state index contributed by atoms with van der Waals surface area (Å²) in [6, 6.07) is 1.15. The summed E-state index contributed by atoms with van der Waals surface area (Å²) in [6.07, 6.45) is 2.48. The predicted molar refractivity (Wildman–Crippen MR) is 113 cm³/mol. The average Bonchev–Trinajstić information content (AvgIpc) is 2.22. The lowest BCUT2D eigenvalue weighted by molar-refractivity contribution is 0.159. The Hall–Kier alpha value is 0.924. The summed E-state index contributed by atoms with van der Waals surface area (Å²) in [5.74, 6) is 0.750. The third-order valence-electron chi connectivity index (χ3n) is 3.10. The fraction of sp³-hybridized carbons (Fsp3) is 1.00. The minimum absolute atomic E-state index is 0.750. The quantitative estimate of drug-likeness (QED) is 0.453. The highest BCUT2D eigenvalue weighted by Gasteiger charge is 2.50. The van der Waals surface area contributed by atoms with Crippen molar-refractivity contribution in [2.75, 3.05) is 0 Å². The van der Waals surface area contributed by atoms with Gasteiger partial charge in [0.1, 0.15) is 0 Å². The maximum absolute atomic E-state index is 6.66. The largest absolute Gasteiger partial charge is 0.636 e. The van der Waals surface area contributed by atoms with E-state index in [4.69, 9.17) is 16.5 Å². The van der Waals surface area contributed by atoms with Gasteiger partial charge < -0.3 is 16.5 Å². The van der Waals surface area contributed by atoms with Crippen molar-refractivity contribution in [1.82, 2.24) is 0 Å². The number of rotatable bonds is 12. The van der Waals surface area contributed by atoms with E-state index in [-0.39, 0.29) is 0 Å². The van der Waals surface area contributed by atoms with Gasteiger partial charge in [-0.2, -0.15) is 0 Å². The van der Waals surface area contributed by atoms with E-state index in [9.17, 15) is 0 Å². The van der Waals surface area contributed by atoms with E-state index in [1.54, 1.807) is 0 Å². The van der Waals surface area contributed by atoms with Crippen LogP contribution in [-0.4, -0.2) is 44.5 Å². The van der Waals surface area contributed by atoms with E-state index in [0.717, 1.165) is 12.0 Å². The van der Waals surface area contributed by atoms with Crippen molar-refractivity contribution in [2.24, 2.45) is 5.92 Å². The molecule has 0 fully saturated rings. The monoisotopic (exact) mass is 412 g/mol. The van der Waals surface area contributed by atoms with Crippen molar-refractivity contribution in [3.05, 3.63) is 0 Å². The predicted octanol–water partition coefficient (Wildman–Crippen LogP) is 4.08. The second-order valence-electron chi connectivity index (χ2n) is 8.15. The molecular formula is C14H40O4Si5. The van der Waals surface area contributed by atoms with Crippen LogP contribution in [0.4, 0.5) is 0 Å². The minimum atomic E-state index is -2.95. The van der Waals surface area contributed by atoms with Gasteiger partial charge in [-0.25, -0.2) is 0 Å². The average molecular weight is 413 g/mol. The minimum Gasteiger partial charge on any atom is -0.399 e. The van der Waals surface area contributed by atoms with E-state index in [1.165, 1.54) is 12.8 Å². The molecule has 0 heterocycles. The summed E-state index contributed by atoms with van der Waals surface area (Å²) < 4.78 is 25.7. The molecule has 0 aromatic heterocycles. The molecule has 4 nitrogen and oxygen atoms in total. The molecule has 0 aliphatic heterocycles. The fourth-order valence-corrected chi connectivity index (χ4v) is 17.5. The Balaban J connectivity index is 5.13. The first-order valence-electron chi connectivity index (χ1n) is 9.11. The highest BCUT2D eigenvalue weighted by atomic mass is 28.5. The van der Waals surface area contributed by atoms with Crippen molar-refractivity contribution in [3.8, 4) is 0 Å². The molecule has 0 bridgehead atoms. The van der Waals surface area contributed by atoms with Crippen molar-refractivity contribution in [3.63, 3.8) is 0 Å². The summed E-state index contributed by atoms with van der Waals surface area (Å²) in [7, 11) is -8.68. The highest BCUT2D eigenvalue weighted by Crippen LogP contribution is 2.26. The van der Waals surface area contributed by atoms with Gasteiger partial charge in [-0.05, 0) is 64.3 Å². The topological polar surface area (TPSA) is 36.9 Å². The van der Waals surface area contributed by atoms with Gasteiger partial charge in [0.2, 0.25) is 0 Å². The summed E-state index contributed by atoms with van der Waals surface area (Å²) >= 11 is 0. The molecule has 0 radical (unpaired) electrons. The van der Waals surface area contributed by atoms with Crippen molar-refractivity contribution < 1.29 is 16.5 Å². The molecule has 0 aliphatic rings. The maximum Gasteiger partial charge on any atom is 0.636 e. The lowest BCUT2D eigenvalue weighted by Crippen LogP contribution is -2.60. The zero-order valence-corrected chi connectivity index (χ0v) is 22.5. The third-order valence-corrected chi connectivity index (χ3v) is 17.0. The van der Waals surface area contributed by atoms with Gasteiger partial charge >= 0.3 is 9.05 Å². The Labute approximate surface area is 152 Å². The van der Waals surface area contributed by atoms with Crippen LogP contribution in [0.3, 0.4) is 0 Å². The maximum atomic E-state index is 6.66. The second kappa shape index (κ2) is 10.8. The lowest BCUT2D eigenvalue weighted by atomic mass is 10.1. The molecule has 0 rings (SSSR count). The Morgan fingerprint density at radius 1 is 0.783 bits per heavy atom. The van der Waals surface area contributed by atoms with Gasteiger partial charge in [0.25, 0.3) is 0 Å². The summed E-state index contributed by atoms with van der Waals surface area (Å²) in [5, 5.41) is 0. The molecule has 9 heteroatoms. The molecule has 0 aromatic rings.